The molecule has 0 rings (SSSR count). The number of carbonyl (C=O) groups excluding carboxylic acids is 2. The van der Waals surface area contributed by atoms with Gasteiger partial charge in [-0.1, -0.05) is 134 Å². The molecule has 0 radical (unpaired) electrons. The maximum absolute atomic E-state index is 12.4. The van der Waals surface area contributed by atoms with E-state index < -0.39 is 26.5 Å². The Morgan fingerprint density at radius 2 is 1.14 bits per heavy atom. The van der Waals surface area contributed by atoms with E-state index in [1.54, 1.807) is 0 Å². The maximum Gasteiger partial charge on any atom is 0.472 e. The fourth-order valence-electron chi connectivity index (χ4n) is 4.69. The normalized spacial score (nSPS) is 13.8. The summed E-state index contributed by atoms with van der Waals surface area (Å²) in [5, 5.41) is 0. The van der Waals surface area contributed by atoms with Crippen LogP contribution in [0.15, 0.2) is 24.3 Å². The van der Waals surface area contributed by atoms with Crippen molar-refractivity contribution in [1.82, 2.24) is 0 Å². The van der Waals surface area contributed by atoms with E-state index in [1.807, 2.05) is 0 Å². The molecule has 8 nitrogen and oxygen atoms in total. The van der Waals surface area contributed by atoms with Crippen LogP contribution in [0.1, 0.15) is 162 Å². The first-order chi connectivity index (χ1) is 21.3. The highest BCUT2D eigenvalue weighted by Crippen LogP contribution is 2.42. The highest BCUT2D eigenvalue weighted by molar-refractivity contribution is 7.47. The molecule has 0 spiro atoms. The molecule has 2 unspecified atom stereocenters. The lowest BCUT2D eigenvalue weighted by Crippen LogP contribution is -2.29. The Hall–Kier alpha value is -1.47. The van der Waals surface area contributed by atoms with Crippen LogP contribution in [-0.2, 0) is 32.7 Å². The van der Waals surface area contributed by atoms with E-state index in [1.165, 1.54) is 64.2 Å². The van der Waals surface area contributed by atoms with Gasteiger partial charge in [-0.05, 0) is 38.5 Å². The highest BCUT2D eigenvalue weighted by atomic mass is 31.2. The third-order valence-corrected chi connectivity index (χ3v) is 8.37. The molecule has 0 saturated heterocycles. The standard InChI is InChI=1S/C35H65O8P/c1-4-6-8-10-12-14-16-18-20-22-24-26-28-30-35(37)43-33(32-42-44(38,39)40-3)31-41-34(36)29-27-25-23-21-19-17-15-13-11-9-7-5-2/h8,10,14,16,33H,4-7,9,11-13,15,17-32H2,1-3H3,(H,38,39)/b10-8-,16-14-. The van der Waals surface area contributed by atoms with Gasteiger partial charge in [0.15, 0.2) is 6.10 Å². The van der Waals surface area contributed by atoms with Crippen molar-refractivity contribution < 1.29 is 37.6 Å². The highest BCUT2D eigenvalue weighted by Gasteiger charge is 2.24. The molecule has 2 atom stereocenters. The van der Waals surface area contributed by atoms with E-state index >= 15 is 0 Å². The van der Waals surface area contributed by atoms with Gasteiger partial charge in [-0.25, -0.2) is 4.57 Å². The van der Waals surface area contributed by atoms with Crippen molar-refractivity contribution in [2.45, 2.75) is 168 Å². The van der Waals surface area contributed by atoms with E-state index in [2.05, 4.69) is 42.7 Å². The molecule has 9 heteroatoms. The lowest BCUT2D eigenvalue weighted by atomic mass is 10.0. The van der Waals surface area contributed by atoms with Gasteiger partial charge in [-0.3, -0.25) is 18.6 Å². The van der Waals surface area contributed by atoms with Gasteiger partial charge in [0.2, 0.25) is 0 Å². The average Bonchev–Trinajstić information content (AvgIpc) is 3.01. The minimum Gasteiger partial charge on any atom is -0.462 e. The summed E-state index contributed by atoms with van der Waals surface area (Å²) >= 11 is 0. The largest absolute Gasteiger partial charge is 0.472 e. The van der Waals surface area contributed by atoms with Gasteiger partial charge in [-0.15, -0.1) is 0 Å². The molecular weight excluding hydrogens is 579 g/mol. The second-order valence-corrected chi connectivity index (χ2v) is 13.2. The lowest BCUT2D eigenvalue weighted by Gasteiger charge is -2.19. The molecule has 0 heterocycles. The molecule has 0 aromatic heterocycles. The summed E-state index contributed by atoms with van der Waals surface area (Å²) in [5.74, 6) is -0.820. The molecule has 0 aliphatic heterocycles. The van der Waals surface area contributed by atoms with E-state index in [9.17, 15) is 19.0 Å². The molecule has 0 amide bonds. The Bertz CT molecular complexity index is 783. The number of esters is 2. The Morgan fingerprint density at radius 3 is 1.68 bits per heavy atom. The molecule has 0 aliphatic carbocycles. The summed E-state index contributed by atoms with van der Waals surface area (Å²) in [7, 11) is -3.20. The number of hydrogen-bond donors (Lipinski definition) is 1. The molecule has 0 aromatic carbocycles. The van der Waals surface area contributed by atoms with Crippen LogP contribution < -0.4 is 0 Å². The van der Waals surface area contributed by atoms with Crippen molar-refractivity contribution in [3.05, 3.63) is 24.3 Å². The van der Waals surface area contributed by atoms with Crippen LogP contribution in [0.3, 0.4) is 0 Å². The smallest absolute Gasteiger partial charge is 0.462 e. The Morgan fingerprint density at radius 1 is 0.636 bits per heavy atom. The first-order valence-corrected chi connectivity index (χ1v) is 19.0. The molecule has 258 valence electrons. The molecule has 0 saturated carbocycles. The van der Waals surface area contributed by atoms with Gasteiger partial charge in [0.05, 0.1) is 6.61 Å². The van der Waals surface area contributed by atoms with E-state index in [4.69, 9.17) is 14.0 Å². The van der Waals surface area contributed by atoms with Gasteiger partial charge >= 0.3 is 19.8 Å². The van der Waals surface area contributed by atoms with E-state index in [-0.39, 0.29) is 19.0 Å². The number of hydrogen-bond acceptors (Lipinski definition) is 7. The molecule has 0 aliphatic rings. The SMILES string of the molecule is CCC/C=C\C/C=C\CCCCCCCC(=O)OC(COC(=O)CCCCCCCCCCCCCC)COP(=O)(O)OC. The molecule has 44 heavy (non-hydrogen) atoms. The van der Waals surface area contributed by atoms with Crippen LogP contribution >= 0.6 is 7.82 Å². The molecule has 0 fully saturated rings. The number of allylic oxidation sites excluding steroid dienone is 4. The Kier molecular flexibility index (Phi) is 30.5. The van der Waals surface area contributed by atoms with Crippen molar-refractivity contribution in [3.63, 3.8) is 0 Å². The summed E-state index contributed by atoms with van der Waals surface area (Å²) in [5.41, 5.74) is 0. The predicted molar refractivity (Wildman–Crippen MR) is 179 cm³/mol. The number of unbranched alkanes of at least 4 members (excludes halogenated alkanes) is 17. The lowest BCUT2D eigenvalue weighted by molar-refractivity contribution is -0.161. The predicted octanol–water partition coefficient (Wildman–Crippen LogP) is 10.3. The third kappa shape index (κ3) is 30.6. The van der Waals surface area contributed by atoms with Crippen molar-refractivity contribution >= 4 is 19.8 Å². The van der Waals surface area contributed by atoms with Crippen LogP contribution in [0.5, 0.6) is 0 Å². The van der Waals surface area contributed by atoms with Crippen molar-refractivity contribution in [2.24, 2.45) is 0 Å². The number of phosphoric acid groups is 1. The summed E-state index contributed by atoms with van der Waals surface area (Å²) in [4.78, 5) is 34.2. The first kappa shape index (κ1) is 42.5. The van der Waals surface area contributed by atoms with Gasteiger partial charge in [0, 0.05) is 20.0 Å². The van der Waals surface area contributed by atoms with Crippen LogP contribution in [0.2, 0.25) is 0 Å². The molecule has 1 N–H and O–H groups in total. The second-order valence-electron chi connectivity index (χ2n) is 11.7. The van der Waals surface area contributed by atoms with Crippen molar-refractivity contribution in [2.75, 3.05) is 20.3 Å². The minimum absolute atomic E-state index is 0.228. The zero-order valence-electron chi connectivity index (χ0n) is 28.3. The van der Waals surface area contributed by atoms with Crippen LogP contribution in [0, 0.1) is 0 Å². The monoisotopic (exact) mass is 644 g/mol. The van der Waals surface area contributed by atoms with Crippen LogP contribution in [0.25, 0.3) is 0 Å². The first-order valence-electron chi connectivity index (χ1n) is 17.5. The fourth-order valence-corrected chi connectivity index (χ4v) is 5.15. The topological polar surface area (TPSA) is 108 Å². The maximum atomic E-state index is 12.4. The summed E-state index contributed by atoms with van der Waals surface area (Å²) in [6.07, 6.45) is 32.3. The van der Waals surface area contributed by atoms with Crippen molar-refractivity contribution in [1.29, 1.82) is 0 Å². The number of rotatable bonds is 32. The summed E-state index contributed by atoms with van der Waals surface area (Å²) < 4.78 is 31.8. The van der Waals surface area contributed by atoms with Crippen LogP contribution in [-0.4, -0.2) is 43.3 Å². The molecular formula is C35H65O8P. The van der Waals surface area contributed by atoms with E-state index in [0.29, 0.717) is 12.8 Å². The summed E-state index contributed by atoms with van der Waals surface area (Å²) in [6.45, 7) is 3.79. The van der Waals surface area contributed by atoms with Gasteiger partial charge in [0.25, 0.3) is 0 Å². The third-order valence-electron chi connectivity index (χ3n) is 7.43. The zero-order valence-corrected chi connectivity index (χ0v) is 29.2. The number of ether oxygens (including phenoxy) is 2. The zero-order chi connectivity index (χ0) is 32.6. The van der Waals surface area contributed by atoms with Gasteiger partial charge in [-0.2, -0.15) is 0 Å². The van der Waals surface area contributed by atoms with Gasteiger partial charge in [0.1, 0.15) is 6.61 Å². The summed E-state index contributed by atoms with van der Waals surface area (Å²) in [6, 6.07) is 0. The number of phosphoric ester groups is 1. The van der Waals surface area contributed by atoms with Crippen molar-refractivity contribution in [3.8, 4) is 0 Å². The minimum atomic E-state index is -4.25. The van der Waals surface area contributed by atoms with E-state index in [0.717, 1.165) is 71.3 Å². The van der Waals surface area contributed by atoms with Gasteiger partial charge < -0.3 is 14.4 Å². The number of carbonyl (C=O) groups is 2. The quantitative estimate of drug-likeness (QED) is 0.0333. The fraction of sp³-hybridized carbons (Fsp3) is 0.829. The Balaban J connectivity index is 4.12. The Labute approximate surface area is 269 Å². The molecule has 0 bridgehead atoms. The average molecular weight is 645 g/mol. The van der Waals surface area contributed by atoms with Crippen LogP contribution in [0.4, 0.5) is 0 Å². The second kappa shape index (κ2) is 31.5. The molecule has 0 aromatic rings.